The summed E-state index contributed by atoms with van der Waals surface area (Å²) >= 11 is 0. The molecule has 0 aliphatic carbocycles. The zero-order chi connectivity index (χ0) is 10.7. The molecule has 1 saturated heterocycles. The van der Waals surface area contributed by atoms with Gasteiger partial charge in [-0.25, -0.2) is 0 Å². The molecule has 0 aromatic carbocycles. The molecular weight excluding hydrogens is 178 g/mol. The first kappa shape index (κ1) is 11.5. The highest BCUT2D eigenvalue weighted by Crippen LogP contribution is 2.06. The molecule has 0 saturated carbocycles. The number of nitrogens with zero attached hydrogens (tertiary/aromatic N) is 2. The van der Waals surface area contributed by atoms with Crippen molar-refractivity contribution in [3.8, 4) is 0 Å². The Hall–Kier alpha value is -0.610. The van der Waals surface area contributed by atoms with Crippen LogP contribution in [0.25, 0.3) is 0 Å². The maximum Gasteiger partial charge on any atom is 0.239 e. The quantitative estimate of drug-likeness (QED) is 0.667. The van der Waals surface area contributed by atoms with Gasteiger partial charge in [-0.3, -0.25) is 4.79 Å². The summed E-state index contributed by atoms with van der Waals surface area (Å²) in [4.78, 5) is 15.9. The van der Waals surface area contributed by atoms with Crippen molar-refractivity contribution < 1.29 is 4.79 Å². The minimum atomic E-state index is -0.335. The maximum absolute atomic E-state index is 11.8. The van der Waals surface area contributed by atoms with E-state index in [0.29, 0.717) is 0 Å². The summed E-state index contributed by atoms with van der Waals surface area (Å²) < 4.78 is 0. The number of piperazine rings is 1. The van der Waals surface area contributed by atoms with Gasteiger partial charge < -0.3 is 15.5 Å². The van der Waals surface area contributed by atoms with E-state index >= 15 is 0 Å². The Morgan fingerprint density at radius 3 is 2.14 bits per heavy atom. The van der Waals surface area contributed by atoms with E-state index in [2.05, 4.69) is 11.9 Å². The minimum absolute atomic E-state index is 0.105. The predicted molar refractivity (Wildman–Crippen MR) is 56.9 cm³/mol. The summed E-state index contributed by atoms with van der Waals surface area (Å²) in [6.07, 6.45) is 0. The highest BCUT2D eigenvalue weighted by Gasteiger charge is 2.25. The molecule has 2 N–H and O–H groups in total. The van der Waals surface area contributed by atoms with Gasteiger partial charge in [-0.2, -0.15) is 0 Å². The van der Waals surface area contributed by atoms with E-state index in [1.807, 2.05) is 18.7 Å². The van der Waals surface area contributed by atoms with Crippen LogP contribution in [0.1, 0.15) is 13.8 Å². The molecule has 0 bridgehead atoms. The lowest BCUT2D eigenvalue weighted by Gasteiger charge is -2.34. The predicted octanol–water partition coefficient (Wildman–Crippen LogP) is -0.256. The molecule has 0 unspecified atom stereocenters. The van der Waals surface area contributed by atoms with Crippen LogP contribution < -0.4 is 5.73 Å². The van der Waals surface area contributed by atoms with Crippen LogP contribution in [0, 0.1) is 5.92 Å². The monoisotopic (exact) mass is 199 g/mol. The summed E-state index contributed by atoms with van der Waals surface area (Å²) in [5.74, 6) is 0.329. The standard InChI is InChI=1S/C10H21N3O/c1-8(2)9(11)10(14)13-6-4-12(3)5-7-13/h8-9H,4-7,11H2,1-3H3/t9-/m0/s1. The minimum Gasteiger partial charge on any atom is -0.339 e. The van der Waals surface area contributed by atoms with Crippen LogP contribution in [-0.4, -0.2) is 55.0 Å². The Bertz CT molecular complexity index is 198. The van der Waals surface area contributed by atoms with Crippen molar-refractivity contribution >= 4 is 5.91 Å². The summed E-state index contributed by atoms with van der Waals surface area (Å²) in [5.41, 5.74) is 5.82. The highest BCUT2D eigenvalue weighted by atomic mass is 16.2. The average Bonchev–Trinajstić information content (AvgIpc) is 2.16. The molecule has 0 aromatic heterocycles. The molecule has 1 rings (SSSR count). The number of carbonyl (C=O) groups excluding carboxylic acids is 1. The fraction of sp³-hybridized carbons (Fsp3) is 0.900. The molecule has 1 heterocycles. The number of amides is 1. The zero-order valence-corrected chi connectivity index (χ0v) is 9.36. The van der Waals surface area contributed by atoms with Gasteiger partial charge in [-0.1, -0.05) is 13.8 Å². The van der Waals surface area contributed by atoms with Gasteiger partial charge in [0.2, 0.25) is 5.91 Å². The van der Waals surface area contributed by atoms with E-state index in [0.717, 1.165) is 26.2 Å². The molecule has 0 radical (unpaired) electrons. The lowest BCUT2D eigenvalue weighted by atomic mass is 10.0. The Labute approximate surface area is 86.0 Å². The SMILES string of the molecule is CC(C)[C@H](N)C(=O)N1CCN(C)CC1. The molecule has 14 heavy (non-hydrogen) atoms. The van der Waals surface area contributed by atoms with Crippen LogP contribution in [0.5, 0.6) is 0 Å². The van der Waals surface area contributed by atoms with Crippen LogP contribution in [0.15, 0.2) is 0 Å². The van der Waals surface area contributed by atoms with Crippen molar-refractivity contribution in [1.29, 1.82) is 0 Å². The number of hydrogen-bond acceptors (Lipinski definition) is 3. The fourth-order valence-corrected chi connectivity index (χ4v) is 1.52. The molecule has 82 valence electrons. The number of likely N-dealkylation sites (N-methyl/N-ethyl adjacent to an activating group) is 1. The van der Waals surface area contributed by atoms with E-state index in [1.165, 1.54) is 0 Å². The lowest BCUT2D eigenvalue weighted by Crippen LogP contribution is -2.53. The van der Waals surface area contributed by atoms with Crippen LogP contribution in [0.2, 0.25) is 0 Å². The molecule has 1 aliphatic heterocycles. The molecule has 1 aliphatic rings. The van der Waals surface area contributed by atoms with Crippen LogP contribution in [-0.2, 0) is 4.79 Å². The summed E-state index contributed by atoms with van der Waals surface area (Å²) in [5, 5.41) is 0. The van der Waals surface area contributed by atoms with Gasteiger partial charge in [0.1, 0.15) is 0 Å². The third-order valence-electron chi connectivity index (χ3n) is 2.82. The van der Waals surface area contributed by atoms with Gasteiger partial charge in [0.25, 0.3) is 0 Å². The first-order valence-corrected chi connectivity index (χ1v) is 5.25. The average molecular weight is 199 g/mol. The van der Waals surface area contributed by atoms with Crippen LogP contribution >= 0.6 is 0 Å². The number of rotatable bonds is 2. The molecule has 1 fully saturated rings. The molecule has 4 heteroatoms. The van der Waals surface area contributed by atoms with Crippen molar-refractivity contribution in [3.05, 3.63) is 0 Å². The van der Waals surface area contributed by atoms with Gasteiger partial charge in [-0.05, 0) is 13.0 Å². The Balaban J connectivity index is 2.45. The molecule has 0 spiro atoms. The van der Waals surface area contributed by atoms with Gasteiger partial charge in [0.05, 0.1) is 6.04 Å². The third-order valence-corrected chi connectivity index (χ3v) is 2.82. The van der Waals surface area contributed by atoms with Crippen molar-refractivity contribution in [1.82, 2.24) is 9.80 Å². The van der Waals surface area contributed by atoms with E-state index < -0.39 is 0 Å². The van der Waals surface area contributed by atoms with Crippen molar-refractivity contribution in [3.63, 3.8) is 0 Å². The van der Waals surface area contributed by atoms with Gasteiger partial charge in [0, 0.05) is 26.2 Å². The van der Waals surface area contributed by atoms with Crippen molar-refractivity contribution in [2.75, 3.05) is 33.2 Å². The second-order valence-electron chi connectivity index (χ2n) is 4.40. The highest BCUT2D eigenvalue weighted by molar-refractivity contribution is 5.82. The molecular formula is C10H21N3O. The van der Waals surface area contributed by atoms with Crippen LogP contribution in [0.4, 0.5) is 0 Å². The van der Waals surface area contributed by atoms with E-state index in [1.54, 1.807) is 0 Å². The normalized spacial score (nSPS) is 21.4. The Morgan fingerprint density at radius 2 is 1.71 bits per heavy atom. The Morgan fingerprint density at radius 1 is 1.21 bits per heavy atom. The lowest BCUT2D eigenvalue weighted by molar-refractivity contribution is -0.135. The summed E-state index contributed by atoms with van der Waals surface area (Å²) in [6, 6.07) is -0.335. The van der Waals surface area contributed by atoms with E-state index in [-0.39, 0.29) is 17.9 Å². The van der Waals surface area contributed by atoms with Crippen molar-refractivity contribution in [2.24, 2.45) is 11.7 Å². The first-order chi connectivity index (χ1) is 6.52. The van der Waals surface area contributed by atoms with Gasteiger partial charge >= 0.3 is 0 Å². The van der Waals surface area contributed by atoms with E-state index in [9.17, 15) is 4.79 Å². The van der Waals surface area contributed by atoms with E-state index in [4.69, 9.17) is 5.73 Å². The smallest absolute Gasteiger partial charge is 0.239 e. The van der Waals surface area contributed by atoms with Crippen LogP contribution in [0.3, 0.4) is 0 Å². The van der Waals surface area contributed by atoms with Crippen molar-refractivity contribution in [2.45, 2.75) is 19.9 Å². The molecule has 0 aromatic rings. The number of nitrogens with two attached hydrogens (primary N) is 1. The topological polar surface area (TPSA) is 49.6 Å². The Kier molecular flexibility index (Phi) is 3.89. The molecule has 4 nitrogen and oxygen atoms in total. The largest absolute Gasteiger partial charge is 0.339 e. The number of hydrogen-bond donors (Lipinski definition) is 1. The maximum atomic E-state index is 11.8. The first-order valence-electron chi connectivity index (χ1n) is 5.25. The fourth-order valence-electron chi connectivity index (χ4n) is 1.52. The van der Waals surface area contributed by atoms with Gasteiger partial charge in [0.15, 0.2) is 0 Å². The number of carbonyl (C=O) groups is 1. The summed E-state index contributed by atoms with van der Waals surface area (Å²) in [6.45, 7) is 7.51. The second kappa shape index (κ2) is 4.75. The van der Waals surface area contributed by atoms with Gasteiger partial charge in [-0.15, -0.1) is 0 Å². The molecule has 1 amide bonds. The second-order valence-corrected chi connectivity index (χ2v) is 4.40. The molecule has 1 atom stereocenters. The third kappa shape index (κ3) is 2.69. The zero-order valence-electron chi connectivity index (χ0n) is 9.36. The summed E-state index contributed by atoms with van der Waals surface area (Å²) in [7, 11) is 2.07.